The summed E-state index contributed by atoms with van der Waals surface area (Å²) < 4.78 is 1.82. The van der Waals surface area contributed by atoms with E-state index in [9.17, 15) is 0 Å². The van der Waals surface area contributed by atoms with E-state index in [0.29, 0.717) is 0 Å². The van der Waals surface area contributed by atoms with Crippen molar-refractivity contribution in [3.05, 3.63) is 54.6 Å². The van der Waals surface area contributed by atoms with E-state index in [2.05, 4.69) is 32.3 Å². The third kappa shape index (κ3) is 2.17. The highest BCUT2D eigenvalue weighted by molar-refractivity contribution is 5.55. The molecule has 3 aromatic rings. The molecule has 0 saturated heterocycles. The van der Waals surface area contributed by atoms with Gasteiger partial charge >= 0.3 is 0 Å². The first kappa shape index (κ1) is 11.7. The lowest BCUT2D eigenvalue weighted by Crippen LogP contribution is -2.22. The van der Waals surface area contributed by atoms with Crippen LogP contribution >= 0.6 is 0 Å². The molecule has 1 atom stereocenters. The molecule has 1 N–H and O–H groups in total. The van der Waals surface area contributed by atoms with Crippen molar-refractivity contribution in [1.29, 1.82) is 0 Å². The van der Waals surface area contributed by atoms with Crippen molar-refractivity contribution in [3.63, 3.8) is 0 Å². The Hall–Kier alpha value is -2.34. The second kappa shape index (κ2) is 5.11. The first-order chi connectivity index (χ1) is 9.40. The highest BCUT2D eigenvalue weighted by atomic mass is 15.2. The maximum atomic E-state index is 4.34. The van der Waals surface area contributed by atoms with Crippen LogP contribution in [-0.2, 0) is 0 Å². The SMILES string of the molecule is CCNC(c1cncnc1)c1cnn2ccncc12. The predicted molar refractivity (Wildman–Crippen MR) is 70.5 cm³/mol. The largest absolute Gasteiger partial charge is 0.306 e. The Kier molecular flexibility index (Phi) is 3.16. The molecule has 0 aliphatic rings. The van der Waals surface area contributed by atoms with Crippen molar-refractivity contribution >= 4 is 5.52 Å². The molecule has 0 radical (unpaired) electrons. The molecule has 19 heavy (non-hydrogen) atoms. The molecule has 3 aromatic heterocycles. The molecular weight excluding hydrogens is 240 g/mol. The van der Waals surface area contributed by atoms with Crippen LogP contribution in [0, 0.1) is 0 Å². The van der Waals surface area contributed by atoms with Gasteiger partial charge in [0, 0.05) is 35.9 Å². The molecule has 3 heterocycles. The Morgan fingerprint density at radius 3 is 2.79 bits per heavy atom. The van der Waals surface area contributed by atoms with Crippen molar-refractivity contribution in [3.8, 4) is 0 Å². The summed E-state index contributed by atoms with van der Waals surface area (Å²) in [5.74, 6) is 0. The third-order valence-electron chi connectivity index (χ3n) is 2.99. The molecule has 96 valence electrons. The van der Waals surface area contributed by atoms with Gasteiger partial charge in [-0.05, 0) is 6.54 Å². The fraction of sp³-hybridized carbons (Fsp3) is 0.231. The van der Waals surface area contributed by atoms with Crippen LogP contribution in [0.5, 0.6) is 0 Å². The smallest absolute Gasteiger partial charge is 0.115 e. The minimum atomic E-state index is 0.0212. The molecule has 6 heteroatoms. The molecule has 0 spiro atoms. The van der Waals surface area contributed by atoms with Gasteiger partial charge in [-0.1, -0.05) is 6.92 Å². The lowest BCUT2D eigenvalue weighted by atomic mass is 10.0. The summed E-state index contributed by atoms with van der Waals surface area (Å²) in [6.07, 6.45) is 12.4. The lowest BCUT2D eigenvalue weighted by Gasteiger charge is -2.16. The second-order valence-corrected chi connectivity index (χ2v) is 4.17. The Balaban J connectivity index is 2.10. The number of hydrogen-bond acceptors (Lipinski definition) is 5. The van der Waals surface area contributed by atoms with Crippen LogP contribution in [-0.4, -0.2) is 31.1 Å². The monoisotopic (exact) mass is 254 g/mol. The molecule has 0 aliphatic heterocycles. The Morgan fingerprint density at radius 1 is 1.16 bits per heavy atom. The van der Waals surface area contributed by atoms with E-state index in [0.717, 1.165) is 23.2 Å². The Morgan fingerprint density at radius 2 is 2.00 bits per heavy atom. The van der Waals surface area contributed by atoms with Crippen LogP contribution in [0.1, 0.15) is 24.1 Å². The van der Waals surface area contributed by atoms with Crippen LogP contribution in [0.2, 0.25) is 0 Å². The normalized spacial score (nSPS) is 12.7. The molecule has 0 amide bonds. The zero-order valence-corrected chi connectivity index (χ0v) is 10.6. The van der Waals surface area contributed by atoms with E-state index in [1.54, 1.807) is 6.20 Å². The number of hydrogen-bond donors (Lipinski definition) is 1. The molecule has 0 fully saturated rings. The van der Waals surface area contributed by atoms with Gasteiger partial charge in [0.05, 0.1) is 24.0 Å². The molecule has 0 saturated carbocycles. The van der Waals surface area contributed by atoms with Crippen molar-refractivity contribution in [2.45, 2.75) is 13.0 Å². The van der Waals surface area contributed by atoms with Gasteiger partial charge in [0.15, 0.2) is 0 Å². The summed E-state index contributed by atoms with van der Waals surface area (Å²) in [4.78, 5) is 12.3. The third-order valence-corrected chi connectivity index (χ3v) is 2.99. The number of aromatic nitrogens is 5. The lowest BCUT2D eigenvalue weighted by molar-refractivity contribution is 0.629. The molecule has 0 aliphatic carbocycles. The van der Waals surface area contributed by atoms with Gasteiger partial charge in [-0.3, -0.25) is 4.98 Å². The van der Waals surface area contributed by atoms with E-state index >= 15 is 0 Å². The molecule has 1 unspecified atom stereocenters. The minimum absolute atomic E-state index is 0.0212. The number of fused-ring (bicyclic) bond motifs is 1. The zero-order valence-electron chi connectivity index (χ0n) is 10.6. The minimum Gasteiger partial charge on any atom is -0.306 e. The standard InChI is InChI=1S/C13H14N6/c1-2-17-13(10-5-15-9-16-6-10)11-7-18-19-4-3-14-8-12(11)19/h3-9,13,17H,2H2,1H3. The number of nitrogens with one attached hydrogen (secondary N) is 1. The quantitative estimate of drug-likeness (QED) is 0.758. The average molecular weight is 254 g/mol. The Bertz CT molecular complexity index is 663. The summed E-state index contributed by atoms with van der Waals surface area (Å²) in [7, 11) is 0. The molecule has 6 nitrogen and oxygen atoms in total. The van der Waals surface area contributed by atoms with Gasteiger partial charge < -0.3 is 5.32 Å². The summed E-state index contributed by atoms with van der Waals surface area (Å²) in [6, 6.07) is 0.0212. The van der Waals surface area contributed by atoms with Crippen molar-refractivity contribution in [2.24, 2.45) is 0 Å². The van der Waals surface area contributed by atoms with E-state index in [-0.39, 0.29) is 6.04 Å². The van der Waals surface area contributed by atoms with Crippen LogP contribution in [0.25, 0.3) is 5.52 Å². The van der Waals surface area contributed by atoms with Gasteiger partial charge in [-0.15, -0.1) is 0 Å². The van der Waals surface area contributed by atoms with Crippen molar-refractivity contribution in [2.75, 3.05) is 6.54 Å². The van der Waals surface area contributed by atoms with Crippen LogP contribution < -0.4 is 5.32 Å². The Labute approximate surface area is 110 Å². The number of nitrogens with zero attached hydrogens (tertiary/aromatic N) is 5. The van der Waals surface area contributed by atoms with E-state index in [4.69, 9.17) is 0 Å². The van der Waals surface area contributed by atoms with Gasteiger partial charge in [-0.2, -0.15) is 5.10 Å². The molecular formula is C13H14N6. The second-order valence-electron chi connectivity index (χ2n) is 4.17. The molecule has 0 bridgehead atoms. The highest BCUT2D eigenvalue weighted by Crippen LogP contribution is 2.24. The van der Waals surface area contributed by atoms with E-state index in [1.165, 1.54) is 6.33 Å². The first-order valence-electron chi connectivity index (χ1n) is 6.15. The summed E-state index contributed by atoms with van der Waals surface area (Å²) in [5.41, 5.74) is 3.07. The van der Waals surface area contributed by atoms with Gasteiger partial charge in [0.2, 0.25) is 0 Å². The van der Waals surface area contributed by atoms with Crippen LogP contribution in [0.4, 0.5) is 0 Å². The zero-order chi connectivity index (χ0) is 13.1. The summed E-state index contributed by atoms with van der Waals surface area (Å²) >= 11 is 0. The first-order valence-corrected chi connectivity index (χ1v) is 6.15. The predicted octanol–water partition coefficient (Wildman–Crippen LogP) is 1.22. The molecule has 0 aromatic carbocycles. The summed E-state index contributed by atoms with van der Waals surface area (Å²) in [6.45, 7) is 2.91. The van der Waals surface area contributed by atoms with Gasteiger partial charge in [-0.25, -0.2) is 14.5 Å². The van der Waals surface area contributed by atoms with Crippen LogP contribution in [0.15, 0.2) is 43.5 Å². The number of rotatable bonds is 4. The van der Waals surface area contributed by atoms with Crippen molar-refractivity contribution in [1.82, 2.24) is 29.9 Å². The van der Waals surface area contributed by atoms with Crippen molar-refractivity contribution < 1.29 is 0 Å². The molecule has 3 rings (SSSR count). The van der Waals surface area contributed by atoms with E-state index in [1.807, 2.05) is 35.5 Å². The van der Waals surface area contributed by atoms with E-state index < -0.39 is 0 Å². The fourth-order valence-electron chi connectivity index (χ4n) is 2.15. The van der Waals surface area contributed by atoms with Gasteiger partial charge in [0.25, 0.3) is 0 Å². The maximum absolute atomic E-state index is 4.34. The summed E-state index contributed by atoms with van der Waals surface area (Å²) in [5, 5.41) is 7.78. The highest BCUT2D eigenvalue weighted by Gasteiger charge is 2.18. The fourth-order valence-corrected chi connectivity index (χ4v) is 2.15. The average Bonchev–Trinajstić information content (AvgIpc) is 2.89. The van der Waals surface area contributed by atoms with Crippen LogP contribution in [0.3, 0.4) is 0 Å². The maximum Gasteiger partial charge on any atom is 0.115 e. The van der Waals surface area contributed by atoms with Gasteiger partial charge in [0.1, 0.15) is 6.33 Å². The topological polar surface area (TPSA) is 68.0 Å².